The molecule has 2 heterocycles. The highest BCUT2D eigenvalue weighted by Crippen LogP contribution is 2.30. The molecule has 7 N–H and O–H groups in total. The molecular weight excluding hydrogens is 512 g/mol. The first-order chi connectivity index (χ1) is 18.8. The summed E-state index contributed by atoms with van der Waals surface area (Å²) in [6, 6.07) is 0. The van der Waals surface area contributed by atoms with Gasteiger partial charge in [0.25, 0.3) is 0 Å². The normalized spacial score (nSPS) is 36.2. The first-order valence-corrected chi connectivity index (χ1v) is 15.0. The van der Waals surface area contributed by atoms with Gasteiger partial charge in [0, 0.05) is 0 Å². The molecule has 2 aliphatic rings. The fourth-order valence-corrected chi connectivity index (χ4v) is 5.31. The lowest BCUT2D eigenvalue weighted by Crippen LogP contribution is -2.64. The minimum atomic E-state index is -1.70. The van der Waals surface area contributed by atoms with E-state index >= 15 is 0 Å². The molecule has 0 aromatic rings. The van der Waals surface area contributed by atoms with E-state index in [2.05, 4.69) is 13.8 Å². The Morgan fingerprint density at radius 1 is 0.590 bits per heavy atom. The van der Waals surface area contributed by atoms with Gasteiger partial charge in [0.2, 0.25) is 0 Å². The Kier molecular flexibility index (Phi) is 16.8. The third-order valence-electron chi connectivity index (χ3n) is 7.89. The van der Waals surface area contributed by atoms with Gasteiger partial charge >= 0.3 is 0 Å². The first-order valence-electron chi connectivity index (χ1n) is 15.0. The second-order valence-electron chi connectivity index (χ2n) is 11.1. The summed E-state index contributed by atoms with van der Waals surface area (Å²) >= 11 is 0. The molecule has 2 saturated heterocycles. The number of aliphatic hydroxyl groups excluding tert-OH is 7. The summed E-state index contributed by atoms with van der Waals surface area (Å²) in [5, 5.41) is 71.2. The van der Waals surface area contributed by atoms with Crippen molar-refractivity contribution in [3.63, 3.8) is 0 Å². The maximum absolute atomic E-state index is 10.8. The number of aliphatic hydroxyl groups is 7. The Hall–Kier alpha value is -0.440. The van der Waals surface area contributed by atoms with Gasteiger partial charge in [0.05, 0.1) is 19.8 Å². The minimum Gasteiger partial charge on any atom is -0.394 e. The highest BCUT2D eigenvalue weighted by molar-refractivity contribution is 4.94. The van der Waals surface area contributed by atoms with Crippen molar-refractivity contribution in [2.45, 2.75) is 152 Å². The van der Waals surface area contributed by atoms with Crippen LogP contribution in [0.4, 0.5) is 0 Å². The lowest BCUT2D eigenvalue weighted by atomic mass is 9.94. The number of hydrogen-bond acceptors (Lipinski definition) is 11. The SMILES string of the molecule is CCCCCCCCC(CCCCCC)CO[C@@H]1O[C@H](CO)[C@@H](O[C@H]2O[C@H](CO)[C@@H](O)[C@H](O)[C@H]2O)[C@H](O)[C@H]1O. The second-order valence-corrected chi connectivity index (χ2v) is 11.1. The summed E-state index contributed by atoms with van der Waals surface area (Å²) in [6.07, 6.45) is -0.531. The van der Waals surface area contributed by atoms with E-state index in [1.165, 1.54) is 38.5 Å². The van der Waals surface area contributed by atoms with Crippen LogP contribution >= 0.6 is 0 Å². The number of unbranched alkanes of at least 4 members (excludes halogenated alkanes) is 8. The van der Waals surface area contributed by atoms with Crippen molar-refractivity contribution in [3.8, 4) is 0 Å². The smallest absolute Gasteiger partial charge is 0.187 e. The summed E-state index contributed by atoms with van der Waals surface area (Å²) < 4.78 is 22.7. The Morgan fingerprint density at radius 3 is 1.69 bits per heavy atom. The first kappa shape index (κ1) is 34.8. The molecule has 1 unspecified atom stereocenters. The van der Waals surface area contributed by atoms with Crippen LogP contribution in [0.3, 0.4) is 0 Å². The molecule has 232 valence electrons. The van der Waals surface area contributed by atoms with Crippen molar-refractivity contribution in [3.05, 3.63) is 0 Å². The average Bonchev–Trinajstić information content (AvgIpc) is 2.94. The zero-order valence-electron chi connectivity index (χ0n) is 23.7. The van der Waals surface area contributed by atoms with Crippen LogP contribution in [0.1, 0.15) is 90.9 Å². The zero-order chi connectivity index (χ0) is 28.8. The predicted molar refractivity (Wildman–Crippen MR) is 143 cm³/mol. The number of rotatable bonds is 19. The fraction of sp³-hybridized carbons (Fsp3) is 1.00. The van der Waals surface area contributed by atoms with E-state index in [-0.39, 0.29) is 5.92 Å². The summed E-state index contributed by atoms with van der Waals surface area (Å²) in [6.45, 7) is 3.51. The van der Waals surface area contributed by atoms with Crippen LogP contribution in [-0.2, 0) is 18.9 Å². The van der Waals surface area contributed by atoms with Crippen molar-refractivity contribution >= 4 is 0 Å². The molecule has 39 heavy (non-hydrogen) atoms. The van der Waals surface area contributed by atoms with Gasteiger partial charge in [-0.15, -0.1) is 0 Å². The van der Waals surface area contributed by atoms with Gasteiger partial charge in [-0.25, -0.2) is 0 Å². The van der Waals surface area contributed by atoms with Crippen molar-refractivity contribution in [1.29, 1.82) is 0 Å². The summed E-state index contributed by atoms with van der Waals surface area (Å²) in [5.74, 6) is 0.289. The minimum absolute atomic E-state index is 0.289. The molecule has 0 spiro atoms. The van der Waals surface area contributed by atoms with Crippen LogP contribution in [0.15, 0.2) is 0 Å². The van der Waals surface area contributed by atoms with E-state index in [0.29, 0.717) is 6.61 Å². The third-order valence-corrected chi connectivity index (χ3v) is 7.89. The van der Waals surface area contributed by atoms with Crippen LogP contribution < -0.4 is 0 Å². The van der Waals surface area contributed by atoms with E-state index in [1.807, 2.05) is 0 Å². The highest BCUT2D eigenvalue weighted by Gasteiger charge is 2.50. The van der Waals surface area contributed by atoms with Gasteiger partial charge in [-0.05, 0) is 18.8 Å². The lowest BCUT2D eigenvalue weighted by Gasteiger charge is -2.46. The molecule has 0 aromatic heterocycles. The monoisotopic (exact) mass is 566 g/mol. The molecule has 0 aliphatic carbocycles. The average molecular weight is 567 g/mol. The van der Waals surface area contributed by atoms with Gasteiger partial charge in [-0.2, -0.15) is 0 Å². The Bertz CT molecular complexity index is 622. The van der Waals surface area contributed by atoms with Gasteiger partial charge in [-0.1, -0.05) is 78.1 Å². The number of hydrogen-bond donors (Lipinski definition) is 7. The molecule has 0 bridgehead atoms. The second kappa shape index (κ2) is 18.9. The molecule has 2 rings (SSSR count). The molecule has 11 atom stereocenters. The van der Waals surface area contributed by atoms with Gasteiger partial charge < -0.3 is 54.7 Å². The standard InChI is InChI=1S/C28H54O11/c1-3-5-7-9-10-12-14-18(13-11-8-6-4-2)17-36-27-25(35)23(33)26(20(16-30)38-27)39-28-24(34)22(32)21(31)19(15-29)37-28/h18-35H,3-17H2,1-2H3/t18?,19-,20-,21-,22+,23-,24-,25-,26-,27-,28-/m1/s1. The number of ether oxygens (including phenoxy) is 4. The van der Waals surface area contributed by atoms with Crippen LogP contribution in [0, 0.1) is 5.92 Å². The molecular formula is C28H54O11. The van der Waals surface area contributed by atoms with Gasteiger partial charge in [0.1, 0.15) is 48.8 Å². The molecule has 11 heteroatoms. The molecule has 0 radical (unpaired) electrons. The van der Waals surface area contributed by atoms with E-state index < -0.39 is 74.6 Å². The highest BCUT2D eigenvalue weighted by atomic mass is 16.7. The van der Waals surface area contributed by atoms with E-state index in [9.17, 15) is 35.7 Å². The molecule has 2 aliphatic heterocycles. The van der Waals surface area contributed by atoms with Crippen LogP contribution in [0.5, 0.6) is 0 Å². The van der Waals surface area contributed by atoms with E-state index in [0.717, 1.165) is 38.5 Å². The molecule has 0 aromatic carbocycles. The van der Waals surface area contributed by atoms with Crippen molar-refractivity contribution in [1.82, 2.24) is 0 Å². The molecule has 11 nitrogen and oxygen atoms in total. The van der Waals surface area contributed by atoms with E-state index in [4.69, 9.17) is 18.9 Å². The Labute approximate surface area is 233 Å². The fourth-order valence-electron chi connectivity index (χ4n) is 5.31. The van der Waals surface area contributed by atoms with Crippen molar-refractivity contribution in [2.24, 2.45) is 5.92 Å². The van der Waals surface area contributed by atoms with Crippen molar-refractivity contribution < 1.29 is 54.7 Å². The van der Waals surface area contributed by atoms with Crippen LogP contribution in [-0.4, -0.2) is 117 Å². The largest absolute Gasteiger partial charge is 0.394 e. The molecule has 0 amide bonds. The van der Waals surface area contributed by atoms with Crippen molar-refractivity contribution in [2.75, 3.05) is 19.8 Å². The molecule has 0 saturated carbocycles. The Balaban J connectivity index is 1.94. The van der Waals surface area contributed by atoms with E-state index in [1.54, 1.807) is 0 Å². The summed E-state index contributed by atoms with van der Waals surface area (Å²) in [7, 11) is 0. The quantitative estimate of drug-likeness (QED) is 0.111. The van der Waals surface area contributed by atoms with Gasteiger partial charge in [-0.3, -0.25) is 0 Å². The maximum Gasteiger partial charge on any atom is 0.187 e. The third kappa shape index (κ3) is 10.7. The van der Waals surface area contributed by atoms with Crippen LogP contribution in [0.2, 0.25) is 0 Å². The Morgan fingerprint density at radius 2 is 1.10 bits per heavy atom. The maximum atomic E-state index is 10.8. The summed E-state index contributed by atoms with van der Waals surface area (Å²) in [5.41, 5.74) is 0. The predicted octanol–water partition coefficient (Wildman–Crippen LogP) is 0.964. The lowest BCUT2D eigenvalue weighted by molar-refractivity contribution is -0.360. The molecule has 2 fully saturated rings. The van der Waals surface area contributed by atoms with Gasteiger partial charge in [0.15, 0.2) is 12.6 Å². The van der Waals surface area contributed by atoms with Crippen LogP contribution in [0.25, 0.3) is 0 Å². The topological polar surface area (TPSA) is 179 Å². The summed E-state index contributed by atoms with van der Waals surface area (Å²) in [4.78, 5) is 0. The zero-order valence-corrected chi connectivity index (χ0v) is 23.7.